The van der Waals surface area contributed by atoms with Crippen LogP contribution in [0.25, 0.3) is 10.9 Å². The molecule has 0 saturated carbocycles. The molecule has 0 unspecified atom stereocenters. The molecule has 0 aliphatic heterocycles. The molecule has 0 aliphatic rings. The lowest BCUT2D eigenvalue weighted by Gasteiger charge is -2.11. The van der Waals surface area contributed by atoms with Crippen LogP contribution in [0.5, 0.6) is 5.75 Å². The van der Waals surface area contributed by atoms with Crippen molar-refractivity contribution in [1.29, 1.82) is 0 Å². The highest BCUT2D eigenvalue weighted by Gasteiger charge is 2.19. The number of nitrogens with one attached hydrogen (secondary N) is 1. The van der Waals surface area contributed by atoms with Crippen molar-refractivity contribution in [1.82, 2.24) is 14.8 Å². The van der Waals surface area contributed by atoms with Gasteiger partial charge in [0.2, 0.25) is 0 Å². The Morgan fingerprint density at radius 2 is 2.09 bits per heavy atom. The average Bonchev–Trinajstić information content (AvgIpc) is 2.77. The van der Waals surface area contributed by atoms with Gasteiger partial charge in [-0.05, 0) is 46.1 Å². The van der Waals surface area contributed by atoms with Crippen molar-refractivity contribution < 1.29 is 9.53 Å². The van der Waals surface area contributed by atoms with E-state index in [0.29, 0.717) is 6.54 Å². The van der Waals surface area contributed by atoms with E-state index in [2.05, 4.69) is 16.8 Å². The molecule has 1 N–H and O–H groups in total. The summed E-state index contributed by atoms with van der Waals surface area (Å²) >= 11 is 0. The van der Waals surface area contributed by atoms with Crippen LogP contribution < -0.4 is 10.1 Å². The van der Waals surface area contributed by atoms with Gasteiger partial charge in [-0.3, -0.25) is 4.79 Å². The van der Waals surface area contributed by atoms with E-state index in [1.165, 1.54) is 0 Å². The Morgan fingerprint density at radius 1 is 1.36 bits per heavy atom. The molecular formula is C17H25N3O2. The van der Waals surface area contributed by atoms with Crippen molar-refractivity contribution >= 4 is 16.8 Å². The van der Waals surface area contributed by atoms with Gasteiger partial charge in [0.1, 0.15) is 5.75 Å². The second kappa shape index (κ2) is 6.83. The van der Waals surface area contributed by atoms with Gasteiger partial charge in [-0.1, -0.05) is 0 Å². The minimum absolute atomic E-state index is 0.0233. The number of fused-ring (bicyclic) bond motifs is 1. The molecule has 1 heterocycles. The zero-order valence-electron chi connectivity index (χ0n) is 14.1. The van der Waals surface area contributed by atoms with Crippen LogP contribution in [0.2, 0.25) is 0 Å². The summed E-state index contributed by atoms with van der Waals surface area (Å²) in [6, 6.07) is 5.89. The molecule has 5 nitrogen and oxygen atoms in total. The molecule has 0 radical (unpaired) electrons. The molecular weight excluding hydrogens is 278 g/mol. The van der Waals surface area contributed by atoms with E-state index in [1.807, 2.05) is 44.1 Å². The van der Waals surface area contributed by atoms with Crippen molar-refractivity contribution in [2.24, 2.45) is 0 Å². The highest BCUT2D eigenvalue weighted by Crippen LogP contribution is 2.29. The van der Waals surface area contributed by atoms with Gasteiger partial charge in [0.25, 0.3) is 5.91 Å². The molecule has 5 heteroatoms. The van der Waals surface area contributed by atoms with Crippen LogP contribution in [0.3, 0.4) is 0 Å². The highest BCUT2D eigenvalue weighted by atomic mass is 16.5. The van der Waals surface area contributed by atoms with E-state index < -0.39 is 0 Å². The number of likely N-dealkylation sites (N-methyl/N-ethyl adjacent to an activating group) is 1. The van der Waals surface area contributed by atoms with E-state index in [0.717, 1.165) is 41.0 Å². The van der Waals surface area contributed by atoms with Gasteiger partial charge in [-0.25, -0.2) is 0 Å². The Hall–Kier alpha value is -2.01. The second-order valence-corrected chi connectivity index (χ2v) is 5.65. The molecule has 1 aromatic heterocycles. The van der Waals surface area contributed by atoms with E-state index in [9.17, 15) is 4.79 Å². The van der Waals surface area contributed by atoms with Gasteiger partial charge in [-0.15, -0.1) is 0 Å². The van der Waals surface area contributed by atoms with Crippen LogP contribution in [0.15, 0.2) is 18.2 Å². The minimum atomic E-state index is -0.0233. The first-order valence-corrected chi connectivity index (χ1v) is 7.59. The van der Waals surface area contributed by atoms with E-state index in [-0.39, 0.29) is 5.91 Å². The molecule has 0 spiro atoms. The first-order chi connectivity index (χ1) is 10.5. The average molecular weight is 303 g/mol. The van der Waals surface area contributed by atoms with Crippen LogP contribution in [-0.2, 0) is 6.54 Å². The first-order valence-electron chi connectivity index (χ1n) is 7.59. The quantitative estimate of drug-likeness (QED) is 0.890. The number of aromatic nitrogens is 1. The molecule has 120 valence electrons. The fourth-order valence-electron chi connectivity index (χ4n) is 2.76. The Balaban J connectivity index is 2.42. The highest BCUT2D eigenvalue weighted by molar-refractivity contribution is 6.08. The monoisotopic (exact) mass is 303 g/mol. The third kappa shape index (κ3) is 3.09. The summed E-state index contributed by atoms with van der Waals surface area (Å²) in [5, 5.41) is 3.95. The number of nitrogens with zero attached hydrogens (tertiary/aromatic N) is 2. The van der Waals surface area contributed by atoms with E-state index >= 15 is 0 Å². The third-order valence-corrected chi connectivity index (χ3v) is 3.92. The summed E-state index contributed by atoms with van der Waals surface area (Å²) in [7, 11) is 5.62. The summed E-state index contributed by atoms with van der Waals surface area (Å²) in [6.07, 6.45) is 0. The maximum absolute atomic E-state index is 12.6. The number of hydrogen-bond donors (Lipinski definition) is 1. The van der Waals surface area contributed by atoms with Crippen LogP contribution >= 0.6 is 0 Å². The fourth-order valence-corrected chi connectivity index (χ4v) is 2.76. The standard InChI is InChI=1S/C17H25N3O2/c1-6-20-12(2)16(17(21)18-9-10-19(3)4)14-11-13(22-5)7-8-15(14)20/h7-8,11H,6,9-10H2,1-5H3,(H,18,21). The zero-order chi connectivity index (χ0) is 16.3. The molecule has 1 amide bonds. The second-order valence-electron chi connectivity index (χ2n) is 5.65. The van der Waals surface area contributed by atoms with E-state index in [1.54, 1.807) is 7.11 Å². The maximum Gasteiger partial charge on any atom is 0.253 e. The minimum Gasteiger partial charge on any atom is -0.497 e. The maximum atomic E-state index is 12.6. The number of ether oxygens (including phenoxy) is 1. The Labute approximate surface area is 131 Å². The molecule has 1 aromatic carbocycles. The van der Waals surface area contributed by atoms with E-state index in [4.69, 9.17) is 4.74 Å². The number of hydrogen-bond acceptors (Lipinski definition) is 3. The SMILES string of the molecule is CCn1c(C)c(C(=O)NCCN(C)C)c2cc(OC)ccc21. The predicted molar refractivity (Wildman–Crippen MR) is 89.8 cm³/mol. The van der Waals surface area contributed by atoms with Crippen LogP contribution in [0.1, 0.15) is 23.0 Å². The van der Waals surface area contributed by atoms with Crippen LogP contribution in [0.4, 0.5) is 0 Å². The molecule has 2 aromatic rings. The fraction of sp³-hybridized carbons (Fsp3) is 0.471. The molecule has 22 heavy (non-hydrogen) atoms. The lowest BCUT2D eigenvalue weighted by molar-refractivity contribution is 0.0952. The first kappa shape index (κ1) is 16.4. The molecule has 0 atom stereocenters. The lowest BCUT2D eigenvalue weighted by Crippen LogP contribution is -2.31. The topological polar surface area (TPSA) is 46.5 Å². The van der Waals surface area contributed by atoms with Crippen molar-refractivity contribution in [2.45, 2.75) is 20.4 Å². The number of benzene rings is 1. The lowest BCUT2D eigenvalue weighted by atomic mass is 10.1. The summed E-state index contributed by atoms with van der Waals surface area (Å²) in [5.74, 6) is 0.743. The summed E-state index contributed by atoms with van der Waals surface area (Å²) in [4.78, 5) is 14.7. The summed E-state index contributed by atoms with van der Waals surface area (Å²) in [5.41, 5.74) is 2.81. The van der Waals surface area contributed by atoms with Crippen molar-refractivity contribution in [3.8, 4) is 5.75 Å². The van der Waals surface area contributed by atoms with Crippen LogP contribution in [0, 0.1) is 6.92 Å². The van der Waals surface area contributed by atoms with Gasteiger partial charge >= 0.3 is 0 Å². The smallest absolute Gasteiger partial charge is 0.253 e. The number of amides is 1. The normalized spacial score (nSPS) is 11.2. The van der Waals surface area contributed by atoms with Gasteiger partial charge in [-0.2, -0.15) is 0 Å². The van der Waals surface area contributed by atoms with Gasteiger partial charge in [0.15, 0.2) is 0 Å². The molecule has 0 fully saturated rings. The predicted octanol–water partition coefficient (Wildman–Crippen LogP) is 2.27. The molecule has 0 saturated heterocycles. The van der Waals surface area contributed by atoms with Crippen molar-refractivity contribution in [3.63, 3.8) is 0 Å². The van der Waals surface area contributed by atoms with Gasteiger partial charge < -0.3 is 19.5 Å². The van der Waals surface area contributed by atoms with Gasteiger partial charge in [0, 0.05) is 36.2 Å². The summed E-state index contributed by atoms with van der Waals surface area (Å²) in [6.45, 7) is 6.37. The largest absolute Gasteiger partial charge is 0.497 e. The number of rotatable bonds is 6. The third-order valence-electron chi connectivity index (χ3n) is 3.92. The molecule has 0 bridgehead atoms. The van der Waals surface area contributed by atoms with Gasteiger partial charge in [0.05, 0.1) is 12.7 Å². The zero-order valence-corrected chi connectivity index (χ0v) is 14.1. The Morgan fingerprint density at radius 3 is 2.68 bits per heavy atom. The number of carbonyl (C=O) groups excluding carboxylic acids is 1. The van der Waals surface area contributed by atoms with Crippen molar-refractivity contribution in [2.75, 3.05) is 34.3 Å². The molecule has 0 aliphatic carbocycles. The number of aryl methyl sites for hydroxylation is 1. The van der Waals surface area contributed by atoms with Crippen molar-refractivity contribution in [3.05, 3.63) is 29.5 Å². The van der Waals surface area contributed by atoms with Crippen LogP contribution in [-0.4, -0.2) is 49.7 Å². The summed E-state index contributed by atoms with van der Waals surface area (Å²) < 4.78 is 7.47. The Bertz CT molecular complexity index is 674. The number of methoxy groups -OCH3 is 1. The Kier molecular flexibility index (Phi) is 5.08. The number of carbonyl (C=O) groups is 1. The molecule has 2 rings (SSSR count).